The molecule has 0 fully saturated rings. The Bertz CT molecular complexity index is 908. The summed E-state index contributed by atoms with van der Waals surface area (Å²) < 4.78 is 15.4. The number of carbonyl (C=O) groups is 1. The molecule has 0 radical (unpaired) electrons. The van der Waals surface area contributed by atoms with Crippen LogP contribution in [0.4, 0.5) is 17.3 Å². The predicted octanol–water partition coefficient (Wildman–Crippen LogP) is 2.79. The highest BCUT2D eigenvalue weighted by atomic mass is 16.5. The Balaban J connectivity index is 1.70. The van der Waals surface area contributed by atoms with Crippen molar-refractivity contribution >= 4 is 23.2 Å². The third-order valence-corrected chi connectivity index (χ3v) is 3.43. The summed E-state index contributed by atoms with van der Waals surface area (Å²) in [4.78, 5) is 20.4. The topological polar surface area (TPSA) is 111 Å². The third kappa shape index (κ3) is 3.89. The molecule has 0 saturated carbocycles. The SMILES string of the molecule is COc1ccc(Nc2cnc(C(=O)Nc3cc(C)on3)cn2)c(OC)c1. The number of methoxy groups -OCH3 is 2. The molecule has 0 aliphatic carbocycles. The molecule has 0 bridgehead atoms. The highest BCUT2D eigenvalue weighted by Gasteiger charge is 2.12. The Kier molecular flexibility index (Phi) is 4.97. The molecule has 0 aliphatic heterocycles. The van der Waals surface area contributed by atoms with Crippen LogP contribution in [0.15, 0.2) is 41.2 Å². The molecule has 134 valence electrons. The lowest BCUT2D eigenvalue weighted by molar-refractivity contribution is 0.102. The van der Waals surface area contributed by atoms with Gasteiger partial charge in [-0.1, -0.05) is 5.16 Å². The third-order valence-electron chi connectivity index (χ3n) is 3.43. The van der Waals surface area contributed by atoms with Crippen LogP contribution in [0.2, 0.25) is 0 Å². The Labute approximate surface area is 149 Å². The number of amides is 1. The zero-order valence-corrected chi connectivity index (χ0v) is 14.4. The average Bonchev–Trinajstić information content (AvgIpc) is 3.07. The number of ether oxygens (including phenoxy) is 2. The lowest BCUT2D eigenvalue weighted by Gasteiger charge is -2.11. The van der Waals surface area contributed by atoms with E-state index in [4.69, 9.17) is 14.0 Å². The maximum atomic E-state index is 12.1. The van der Waals surface area contributed by atoms with Crippen LogP contribution in [0.25, 0.3) is 0 Å². The zero-order chi connectivity index (χ0) is 18.5. The normalized spacial score (nSPS) is 10.3. The van der Waals surface area contributed by atoms with Crippen molar-refractivity contribution < 1.29 is 18.8 Å². The highest BCUT2D eigenvalue weighted by Crippen LogP contribution is 2.30. The molecular formula is C17H17N5O4. The number of anilines is 3. The molecule has 9 nitrogen and oxygen atoms in total. The zero-order valence-electron chi connectivity index (χ0n) is 14.4. The fourth-order valence-corrected chi connectivity index (χ4v) is 2.16. The summed E-state index contributed by atoms with van der Waals surface area (Å²) >= 11 is 0. The molecule has 3 rings (SSSR count). The summed E-state index contributed by atoms with van der Waals surface area (Å²) in [6.45, 7) is 1.73. The van der Waals surface area contributed by atoms with Gasteiger partial charge in [-0.2, -0.15) is 0 Å². The lowest BCUT2D eigenvalue weighted by Crippen LogP contribution is -2.14. The Morgan fingerprint density at radius 2 is 1.92 bits per heavy atom. The van der Waals surface area contributed by atoms with Crippen LogP contribution in [-0.4, -0.2) is 35.3 Å². The molecule has 1 aromatic carbocycles. The van der Waals surface area contributed by atoms with Crippen molar-refractivity contribution in [2.24, 2.45) is 0 Å². The fourth-order valence-electron chi connectivity index (χ4n) is 2.16. The van der Waals surface area contributed by atoms with Crippen molar-refractivity contribution in [3.05, 3.63) is 48.1 Å². The first kappa shape index (κ1) is 17.2. The molecule has 3 aromatic rings. The van der Waals surface area contributed by atoms with E-state index in [2.05, 4.69) is 25.8 Å². The molecule has 0 aliphatic rings. The van der Waals surface area contributed by atoms with Gasteiger partial charge in [0, 0.05) is 12.1 Å². The molecule has 2 heterocycles. The highest BCUT2D eigenvalue weighted by molar-refractivity contribution is 6.02. The van der Waals surface area contributed by atoms with Crippen LogP contribution in [0.3, 0.4) is 0 Å². The van der Waals surface area contributed by atoms with Gasteiger partial charge in [0.2, 0.25) is 0 Å². The van der Waals surface area contributed by atoms with Crippen molar-refractivity contribution in [1.29, 1.82) is 0 Å². The van der Waals surface area contributed by atoms with Gasteiger partial charge in [0.25, 0.3) is 5.91 Å². The van der Waals surface area contributed by atoms with Gasteiger partial charge < -0.3 is 24.6 Å². The van der Waals surface area contributed by atoms with E-state index in [0.29, 0.717) is 34.6 Å². The molecule has 0 saturated heterocycles. The summed E-state index contributed by atoms with van der Waals surface area (Å²) in [6.07, 6.45) is 2.81. The molecule has 0 unspecified atom stereocenters. The number of hydrogen-bond acceptors (Lipinski definition) is 8. The summed E-state index contributed by atoms with van der Waals surface area (Å²) in [5.41, 5.74) is 0.843. The van der Waals surface area contributed by atoms with Crippen LogP contribution in [0.1, 0.15) is 16.2 Å². The monoisotopic (exact) mass is 355 g/mol. The predicted molar refractivity (Wildman–Crippen MR) is 94.1 cm³/mol. The van der Waals surface area contributed by atoms with Gasteiger partial charge in [0.1, 0.15) is 28.8 Å². The average molecular weight is 355 g/mol. The van der Waals surface area contributed by atoms with Crippen LogP contribution < -0.4 is 20.1 Å². The molecule has 26 heavy (non-hydrogen) atoms. The molecule has 0 spiro atoms. The number of carbonyl (C=O) groups excluding carboxylic acids is 1. The minimum atomic E-state index is -0.431. The number of nitrogens with zero attached hydrogens (tertiary/aromatic N) is 3. The molecule has 0 atom stereocenters. The first-order valence-electron chi connectivity index (χ1n) is 7.65. The molecule has 2 aromatic heterocycles. The first-order valence-corrected chi connectivity index (χ1v) is 7.65. The van der Waals surface area contributed by atoms with Gasteiger partial charge in [0.05, 0.1) is 32.3 Å². The minimum Gasteiger partial charge on any atom is -0.497 e. The molecular weight excluding hydrogens is 338 g/mol. The maximum absolute atomic E-state index is 12.1. The van der Waals surface area contributed by atoms with Gasteiger partial charge in [-0.15, -0.1) is 0 Å². The molecule has 1 amide bonds. The second kappa shape index (κ2) is 7.51. The first-order chi connectivity index (χ1) is 12.6. The summed E-state index contributed by atoms with van der Waals surface area (Å²) in [6, 6.07) is 6.95. The summed E-state index contributed by atoms with van der Waals surface area (Å²) in [5.74, 6) is 2.21. The maximum Gasteiger partial charge on any atom is 0.277 e. The van der Waals surface area contributed by atoms with Gasteiger partial charge >= 0.3 is 0 Å². The van der Waals surface area contributed by atoms with Crippen LogP contribution in [0.5, 0.6) is 11.5 Å². The van der Waals surface area contributed by atoms with Crippen LogP contribution in [-0.2, 0) is 0 Å². The van der Waals surface area contributed by atoms with E-state index in [1.165, 1.54) is 12.4 Å². The van der Waals surface area contributed by atoms with Crippen molar-refractivity contribution in [1.82, 2.24) is 15.1 Å². The minimum absolute atomic E-state index is 0.151. The van der Waals surface area contributed by atoms with Crippen molar-refractivity contribution in [2.45, 2.75) is 6.92 Å². The second-order valence-corrected chi connectivity index (χ2v) is 5.26. The standard InChI is InChI=1S/C17H17N5O4/c1-10-6-15(22-26-10)21-17(23)13-8-19-16(9-18-13)20-12-5-4-11(24-2)7-14(12)25-3/h4-9H,1-3H3,(H,19,20)(H,21,22,23). The number of nitrogens with one attached hydrogen (secondary N) is 2. The largest absolute Gasteiger partial charge is 0.497 e. The van der Waals surface area contributed by atoms with Gasteiger partial charge in [-0.3, -0.25) is 4.79 Å². The Hall–Kier alpha value is -3.62. The number of benzene rings is 1. The van der Waals surface area contributed by atoms with E-state index in [0.717, 1.165) is 0 Å². The van der Waals surface area contributed by atoms with Gasteiger partial charge in [-0.05, 0) is 19.1 Å². The Morgan fingerprint density at radius 1 is 1.08 bits per heavy atom. The molecule has 2 N–H and O–H groups in total. The van der Waals surface area contributed by atoms with E-state index in [1.807, 2.05) is 0 Å². The lowest BCUT2D eigenvalue weighted by atomic mass is 10.2. The summed E-state index contributed by atoms with van der Waals surface area (Å²) in [7, 11) is 3.14. The van der Waals surface area contributed by atoms with Crippen molar-refractivity contribution in [3.63, 3.8) is 0 Å². The number of rotatable bonds is 6. The van der Waals surface area contributed by atoms with E-state index in [1.54, 1.807) is 45.4 Å². The van der Waals surface area contributed by atoms with Gasteiger partial charge in [-0.25, -0.2) is 9.97 Å². The van der Waals surface area contributed by atoms with Gasteiger partial charge in [0.15, 0.2) is 5.82 Å². The quantitative estimate of drug-likeness (QED) is 0.694. The van der Waals surface area contributed by atoms with Crippen LogP contribution >= 0.6 is 0 Å². The molecule has 9 heteroatoms. The van der Waals surface area contributed by atoms with Crippen LogP contribution in [0, 0.1) is 6.92 Å². The number of aryl methyl sites for hydroxylation is 1. The smallest absolute Gasteiger partial charge is 0.277 e. The Morgan fingerprint density at radius 3 is 2.54 bits per heavy atom. The summed E-state index contributed by atoms with van der Waals surface area (Å²) in [5, 5.41) is 9.36. The van der Waals surface area contributed by atoms with E-state index >= 15 is 0 Å². The van der Waals surface area contributed by atoms with E-state index in [9.17, 15) is 4.79 Å². The van der Waals surface area contributed by atoms with E-state index in [-0.39, 0.29) is 5.69 Å². The van der Waals surface area contributed by atoms with Crippen molar-refractivity contribution in [3.8, 4) is 11.5 Å². The number of hydrogen-bond donors (Lipinski definition) is 2. The fraction of sp³-hybridized carbons (Fsp3) is 0.176. The second-order valence-electron chi connectivity index (χ2n) is 5.26. The number of aromatic nitrogens is 3. The van der Waals surface area contributed by atoms with Crippen molar-refractivity contribution in [2.75, 3.05) is 24.9 Å². The van der Waals surface area contributed by atoms with E-state index < -0.39 is 5.91 Å².